The first-order valence-electron chi connectivity index (χ1n) is 5.17. The smallest absolute Gasteiger partial charge is 0.0153 e. The maximum Gasteiger partial charge on any atom is -0.0153 e. The van der Waals surface area contributed by atoms with Crippen LogP contribution < -0.4 is 0 Å². The molecule has 0 spiro atoms. The van der Waals surface area contributed by atoms with Crippen LogP contribution in [0.4, 0.5) is 0 Å². The predicted octanol–water partition coefficient (Wildman–Crippen LogP) is 4.44. The second-order valence-electron chi connectivity index (χ2n) is 5.12. The molecule has 0 amide bonds. The minimum Gasteiger partial charge on any atom is -0.103 e. The topological polar surface area (TPSA) is 0 Å². The molecule has 0 nitrogen and oxygen atoms in total. The van der Waals surface area contributed by atoms with Crippen molar-refractivity contribution in [3.63, 3.8) is 0 Å². The van der Waals surface area contributed by atoms with Gasteiger partial charge in [-0.3, -0.25) is 0 Å². The van der Waals surface area contributed by atoms with Crippen molar-refractivity contribution in [3.8, 4) is 0 Å². The summed E-state index contributed by atoms with van der Waals surface area (Å²) in [5.74, 6) is 1.24. The Balaban J connectivity index is 4.08. The van der Waals surface area contributed by atoms with Gasteiger partial charge in [-0.15, -0.1) is 6.58 Å². The maximum atomic E-state index is 3.89. The van der Waals surface area contributed by atoms with Crippen LogP contribution in [-0.2, 0) is 0 Å². The van der Waals surface area contributed by atoms with Crippen LogP contribution in [0.1, 0.15) is 41.0 Å². The largest absolute Gasteiger partial charge is 0.103 e. The molecule has 0 N–H and O–H groups in total. The molecule has 0 aromatic heterocycles. The van der Waals surface area contributed by atoms with E-state index >= 15 is 0 Å². The average molecular weight is 180 g/mol. The van der Waals surface area contributed by atoms with Crippen LogP contribution >= 0.6 is 0 Å². The highest BCUT2D eigenvalue weighted by molar-refractivity contribution is 4.95. The van der Waals surface area contributed by atoms with Crippen LogP contribution in [0.15, 0.2) is 24.8 Å². The van der Waals surface area contributed by atoms with Gasteiger partial charge in [0, 0.05) is 0 Å². The molecule has 0 aromatic rings. The summed E-state index contributed by atoms with van der Waals surface area (Å²) in [5, 5.41) is 0. The molecule has 0 heterocycles. The first kappa shape index (κ1) is 12.5. The third-order valence-corrected chi connectivity index (χ3v) is 2.31. The van der Waals surface area contributed by atoms with E-state index in [0.717, 1.165) is 6.42 Å². The van der Waals surface area contributed by atoms with Crippen LogP contribution in [0.3, 0.4) is 0 Å². The van der Waals surface area contributed by atoms with E-state index in [4.69, 9.17) is 0 Å². The third kappa shape index (κ3) is 5.68. The fourth-order valence-corrected chi connectivity index (χ4v) is 1.30. The van der Waals surface area contributed by atoms with Gasteiger partial charge in [0.15, 0.2) is 0 Å². The molecule has 0 aliphatic heterocycles. The van der Waals surface area contributed by atoms with E-state index in [1.54, 1.807) is 0 Å². The van der Waals surface area contributed by atoms with Gasteiger partial charge in [-0.05, 0) is 23.7 Å². The van der Waals surface area contributed by atoms with Crippen LogP contribution in [0.2, 0.25) is 0 Å². The van der Waals surface area contributed by atoms with Crippen molar-refractivity contribution in [2.75, 3.05) is 0 Å². The normalized spacial score (nSPS) is 15.2. The number of hydrogen-bond acceptors (Lipinski definition) is 0. The van der Waals surface area contributed by atoms with E-state index in [0.29, 0.717) is 17.3 Å². The molecule has 0 aromatic carbocycles. The van der Waals surface area contributed by atoms with Crippen molar-refractivity contribution in [1.82, 2.24) is 0 Å². The zero-order valence-corrected chi connectivity index (χ0v) is 9.80. The highest BCUT2D eigenvalue weighted by atomic mass is 14.2. The zero-order chi connectivity index (χ0) is 10.5. The molecular formula is C13H24. The Morgan fingerprint density at radius 2 is 1.77 bits per heavy atom. The summed E-state index contributed by atoms with van der Waals surface area (Å²) < 4.78 is 0. The Bertz CT molecular complexity index is 167. The molecule has 1 unspecified atom stereocenters. The number of hydrogen-bond donors (Lipinski definition) is 0. The van der Waals surface area contributed by atoms with Crippen LogP contribution in [0, 0.1) is 17.3 Å². The molecule has 0 radical (unpaired) electrons. The summed E-state index contributed by atoms with van der Waals surface area (Å²) in [5.41, 5.74) is 0.336. The fourth-order valence-electron chi connectivity index (χ4n) is 1.30. The van der Waals surface area contributed by atoms with Crippen molar-refractivity contribution in [2.24, 2.45) is 17.3 Å². The zero-order valence-electron chi connectivity index (χ0n) is 9.80. The summed E-state index contributed by atoms with van der Waals surface area (Å²) in [7, 11) is 0. The van der Waals surface area contributed by atoms with Crippen LogP contribution in [0.25, 0.3) is 0 Å². The predicted molar refractivity (Wildman–Crippen MR) is 61.7 cm³/mol. The molecule has 13 heavy (non-hydrogen) atoms. The monoisotopic (exact) mass is 180 g/mol. The van der Waals surface area contributed by atoms with Gasteiger partial charge in [-0.1, -0.05) is 52.8 Å². The molecule has 0 fully saturated rings. The minimum atomic E-state index is 0.336. The van der Waals surface area contributed by atoms with E-state index in [9.17, 15) is 0 Å². The van der Waals surface area contributed by atoms with Gasteiger partial charge >= 0.3 is 0 Å². The van der Waals surface area contributed by atoms with Gasteiger partial charge in [0.2, 0.25) is 0 Å². The second kappa shape index (κ2) is 5.26. The molecule has 1 atom stereocenters. The van der Waals surface area contributed by atoms with Crippen molar-refractivity contribution < 1.29 is 0 Å². The Kier molecular flexibility index (Phi) is 5.05. The van der Waals surface area contributed by atoms with Crippen molar-refractivity contribution in [1.29, 1.82) is 0 Å². The van der Waals surface area contributed by atoms with E-state index in [1.165, 1.54) is 0 Å². The van der Waals surface area contributed by atoms with Crippen molar-refractivity contribution >= 4 is 0 Å². The molecule has 0 saturated heterocycles. The highest BCUT2D eigenvalue weighted by Crippen LogP contribution is 2.29. The van der Waals surface area contributed by atoms with Crippen LogP contribution in [0.5, 0.6) is 0 Å². The Labute approximate surface area is 83.7 Å². The summed E-state index contributed by atoms with van der Waals surface area (Å²) in [6.45, 7) is 15.1. The third-order valence-electron chi connectivity index (χ3n) is 2.31. The van der Waals surface area contributed by atoms with Gasteiger partial charge in [-0.2, -0.15) is 0 Å². The molecule has 76 valence electrons. The quantitative estimate of drug-likeness (QED) is 0.561. The minimum absolute atomic E-state index is 0.336. The van der Waals surface area contributed by atoms with Gasteiger partial charge in [-0.25, -0.2) is 0 Å². The number of rotatable bonds is 4. The first-order valence-corrected chi connectivity index (χ1v) is 5.17. The van der Waals surface area contributed by atoms with Gasteiger partial charge in [0.25, 0.3) is 0 Å². The van der Waals surface area contributed by atoms with E-state index in [-0.39, 0.29) is 0 Å². The van der Waals surface area contributed by atoms with E-state index in [2.05, 4.69) is 59.4 Å². The lowest BCUT2D eigenvalue weighted by atomic mass is 9.79. The fraction of sp³-hybridized carbons (Fsp3) is 0.692. The van der Waals surface area contributed by atoms with Crippen molar-refractivity contribution in [2.45, 2.75) is 41.0 Å². The highest BCUT2D eigenvalue weighted by Gasteiger charge is 2.19. The summed E-state index contributed by atoms with van der Waals surface area (Å²) >= 11 is 0. The van der Waals surface area contributed by atoms with E-state index in [1.807, 2.05) is 0 Å². The van der Waals surface area contributed by atoms with Crippen LogP contribution in [-0.4, -0.2) is 0 Å². The van der Waals surface area contributed by atoms with Gasteiger partial charge < -0.3 is 0 Å². The Hall–Kier alpha value is -0.520. The lowest BCUT2D eigenvalue weighted by Gasteiger charge is -2.26. The summed E-state index contributed by atoms with van der Waals surface area (Å²) in [6.07, 6.45) is 7.74. The number of allylic oxidation sites excluding steroid dienone is 3. The molecule has 0 aliphatic carbocycles. The van der Waals surface area contributed by atoms with E-state index < -0.39 is 0 Å². The first-order chi connectivity index (χ1) is 5.88. The Morgan fingerprint density at radius 3 is 2.08 bits per heavy atom. The molecular weight excluding hydrogens is 156 g/mol. The Morgan fingerprint density at radius 1 is 1.23 bits per heavy atom. The van der Waals surface area contributed by atoms with Gasteiger partial charge in [0.1, 0.15) is 0 Å². The molecule has 0 heteroatoms. The molecule has 0 aliphatic rings. The summed E-state index contributed by atoms with van der Waals surface area (Å²) in [4.78, 5) is 0. The molecule has 0 saturated carbocycles. The van der Waals surface area contributed by atoms with Gasteiger partial charge in [0.05, 0.1) is 0 Å². The molecule has 0 rings (SSSR count). The average Bonchev–Trinajstić information content (AvgIpc) is 1.95. The second-order valence-corrected chi connectivity index (χ2v) is 5.12. The SMILES string of the molecule is C=CC(C/C=C/C(C)C)C(C)(C)C. The lowest BCUT2D eigenvalue weighted by molar-refractivity contribution is 0.295. The summed E-state index contributed by atoms with van der Waals surface area (Å²) in [6, 6.07) is 0. The molecule has 0 bridgehead atoms. The lowest BCUT2D eigenvalue weighted by Crippen LogP contribution is -2.17. The maximum absolute atomic E-state index is 3.89. The van der Waals surface area contributed by atoms with Crippen molar-refractivity contribution in [3.05, 3.63) is 24.8 Å². The standard InChI is InChI=1S/C13H24/c1-7-12(13(4,5)6)10-8-9-11(2)3/h7-9,11-12H,1,10H2,2-6H3/b9-8+.